The van der Waals surface area contributed by atoms with E-state index in [2.05, 4.69) is 5.16 Å². The van der Waals surface area contributed by atoms with Crippen LogP contribution in [0.5, 0.6) is 0 Å². The highest BCUT2D eigenvalue weighted by atomic mass is 16.6. The molecule has 0 spiro atoms. The molecule has 3 nitrogen and oxygen atoms in total. The lowest BCUT2D eigenvalue weighted by atomic mass is 9.80. The molecule has 1 saturated carbocycles. The third kappa shape index (κ3) is 1.25. The number of rotatable bonds is 2. The van der Waals surface area contributed by atoms with Gasteiger partial charge in [-0.3, -0.25) is 0 Å². The Labute approximate surface area is 66.6 Å². The molecule has 62 valence electrons. The number of hydrogen-bond acceptors (Lipinski definition) is 3. The smallest absolute Gasteiger partial charge is 0.145 e. The molecule has 2 aliphatic rings. The summed E-state index contributed by atoms with van der Waals surface area (Å²) in [5.41, 5.74) is 6.71. The van der Waals surface area contributed by atoms with Crippen LogP contribution in [0.15, 0.2) is 5.16 Å². The van der Waals surface area contributed by atoms with E-state index in [1.54, 1.807) is 0 Å². The van der Waals surface area contributed by atoms with Crippen molar-refractivity contribution in [1.82, 2.24) is 0 Å². The molecule has 1 fully saturated rings. The first-order valence-corrected chi connectivity index (χ1v) is 4.33. The minimum absolute atomic E-state index is 0.172. The van der Waals surface area contributed by atoms with E-state index in [0.717, 1.165) is 12.3 Å². The van der Waals surface area contributed by atoms with E-state index in [1.807, 2.05) is 0 Å². The molecule has 2 rings (SSSR count). The normalized spacial score (nSPS) is 31.0. The van der Waals surface area contributed by atoms with Crippen molar-refractivity contribution < 1.29 is 4.84 Å². The van der Waals surface area contributed by atoms with Crippen molar-refractivity contribution >= 4 is 5.71 Å². The summed E-state index contributed by atoms with van der Waals surface area (Å²) in [7, 11) is 0. The van der Waals surface area contributed by atoms with Gasteiger partial charge in [0.1, 0.15) is 6.10 Å². The molecular weight excluding hydrogens is 140 g/mol. The lowest BCUT2D eigenvalue weighted by Crippen LogP contribution is -2.25. The van der Waals surface area contributed by atoms with Gasteiger partial charge in [0.25, 0.3) is 0 Å². The Morgan fingerprint density at radius 1 is 1.55 bits per heavy atom. The summed E-state index contributed by atoms with van der Waals surface area (Å²) in [4.78, 5) is 5.13. The molecule has 1 heterocycles. The molecule has 1 aliphatic carbocycles. The van der Waals surface area contributed by atoms with Crippen LogP contribution in [0.25, 0.3) is 0 Å². The van der Waals surface area contributed by atoms with Gasteiger partial charge in [-0.15, -0.1) is 0 Å². The lowest BCUT2D eigenvalue weighted by molar-refractivity contribution is 0.0917. The van der Waals surface area contributed by atoms with Crippen LogP contribution in [0.3, 0.4) is 0 Å². The average Bonchev–Trinajstić information content (AvgIpc) is 2.32. The molecule has 0 saturated heterocycles. The average molecular weight is 154 g/mol. The molecule has 3 heteroatoms. The van der Waals surface area contributed by atoms with Crippen molar-refractivity contribution in [3.05, 3.63) is 0 Å². The zero-order valence-electron chi connectivity index (χ0n) is 6.62. The van der Waals surface area contributed by atoms with Crippen molar-refractivity contribution in [2.45, 2.75) is 31.8 Å². The Hall–Kier alpha value is -0.570. The van der Waals surface area contributed by atoms with Gasteiger partial charge >= 0.3 is 0 Å². The summed E-state index contributed by atoms with van der Waals surface area (Å²) in [5, 5.41) is 4.05. The van der Waals surface area contributed by atoms with E-state index in [9.17, 15) is 0 Å². The van der Waals surface area contributed by atoms with Crippen LogP contribution in [-0.4, -0.2) is 18.4 Å². The zero-order valence-corrected chi connectivity index (χ0v) is 6.62. The van der Waals surface area contributed by atoms with Crippen LogP contribution >= 0.6 is 0 Å². The van der Waals surface area contributed by atoms with Crippen LogP contribution in [0.1, 0.15) is 25.7 Å². The SMILES string of the molecule is NCC1CC(C2CCC2)=NO1. The van der Waals surface area contributed by atoms with Crippen LogP contribution in [-0.2, 0) is 4.84 Å². The second-order valence-corrected chi connectivity index (χ2v) is 3.38. The van der Waals surface area contributed by atoms with Crippen molar-refractivity contribution in [1.29, 1.82) is 0 Å². The topological polar surface area (TPSA) is 47.6 Å². The Morgan fingerprint density at radius 3 is 2.82 bits per heavy atom. The van der Waals surface area contributed by atoms with Gasteiger partial charge in [0, 0.05) is 18.9 Å². The van der Waals surface area contributed by atoms with Gasteiger partial charge in [-0.2, -0.15) is 0 Å². The van der Waals surface area contributed by atoms with Crippen LogP contribution in [0.4, 0.5) is 0 Å². The molecule has 1 unspecified atom stereocenters. The zero-order chi connectivity index (χ0) is 7.68. The molecule has 0 aromatic carbocycles. The maximum atomic E-state index is 5.46. The lowest BCUT2D eigenvalue weighted by Gasteiger charge is -2.24. The molecule has 11 heavy (non-hydrogen) atoms. The fraction of sp³-hybridized carbons (Fsp3) is 0.875. The molecular formula is C8H14N2O. The van der Waals surface area contributed by atoms with Crippen LogP contribution in [0.2, 0.25) is 0 Å². The summed E-state index contributed by atoms with van der Waals surface area (Å²) in [6, 6.07) is 0. The van der Waals surface area contributed by atoms with E-state index in [4.69, 9.17) is 10.6 Å². The fourth-order valence-corrected chi connectivity index (χ4v) is 1.56. The van der Waals surface area contributed by atoms with Crippen molar-refractivity contribution in [2.24, 2.45) is 16.8 Å². The molecule has 1 aliphatic heterocycles. The summed E-state index contributed by atoms with van der Waals surface area (Å²) >= 11 is 0. The number of nitrogens with two attached hydrogens (primary N) is 1. The van der Waals surface area contributed by atoms with Gasteiger partial charge in [0.15, 0.2) is 0 Å². The maximum absolute atomic E-state index is 5.46. The van der Waals surface area contributed by atoms with E-state index >= 15 is 0 Å². The minimum atomic E-state index is 0.172. The minimum Gasteiger partial charge on any atom is -0.391 e. The Bertz CT molecular complexity index is 175. The first-order chi connectivity index (χ1) is 5.40. The number of nitrogens with zero attached hydrogens (tertiary/aromatic N) is 1. The molecule has 0 aromatic heterocycles. The monoisotopic (exact) mass is 154 g/mol. The van der Waals surface area contributed by atoms with Crippen molar-refractivity contribution in [2.75, 3.05) is 6.54 Å². The molecule has 0 bridgehead atoms. The van der Waals surface area contributed by atoms with Gasteiger partial charge in [0.05, 0.1) is 5.71 Å². The third-order valence-electron chi connectivity index (χ3n) is 2.60. The van der Waals surface area contributed by atoms with E-state index in [-0.39, 0.29) is 6.10 Å². The van der Waals surface area contributed by atoms with Gasteiger partial charge in [0.2, 0.25) is 0 Å². The fourth-order valence-electron chi connectivity index (χ4n) is 1.56. The standard InChI is InChI=1S/C8H14N2O/c9-5-7-4-8(10-11-7)6-2-1-3-6/h6-7H,1-5,9H2. The highest BCUT2D eigenvalue weighted by Gasteiger charge is 2.29. The van der Waals surface area contributed by atoms with Gasteiger partial charge in [-0.1, -0.05) is 11.6 Å². The highest BCUT2D eigenvalue weighted by Crippen LogP contribution is 2.31. The predicted octanol–water partition coefficient (Wildman–Crippen LogP) is 0.890. The Balaban J connectivity index is 1.86. The van der Waals surface area contributed by atoms with E-state index in [1.165, 1.54) is 25.0 Å². The van der Waals surface area contributed by atoms with Crippen LogP contribution in [0, 0.1) is 5.92 Å². The first-order valence-electron chi connectivity index (χ1n) is 4.33. The molecule has 0 amide bonds. The molecule has 2 N–H and O–H groups in total. The van der Waals surface area contributed by atoms with Gasteiger partial charge < -0.3 is 10.6 Å². The summed E-state index contributed by atoms with van der Waals surface area (Å²) in [5.74, 6) is 0.728. The highest BCUT2D eigenvalue weighted by molar-refractivity contribution is 5.88. The largest absolute Gasteiger partial charge is 0.391 e. The second-order valence-electron chi connectivity index (χ2n) is 3.38. The summed E-state index contributed by atoms with van der Waals surface area (Å²) in [6.45, 7) is 0.597. The maximum Gasteiger partial charge on any atom is 0.145 e. The van der Waals surface area contributed by atoms with E-state index < -0.39 is 0 Å². The van der Waals surface area contributed by atoms with Crippen molar-refractivity contribution in [3.63, 3.8) is 0 Å². The Morgan fingerprint density at radius 2 is 2.36 bits per heavy atom. The van der Waals surface area contributed by atoms with Crippen LogP contribution < -0.4 is 5.73 Å². The first kappa shape index (κ1) is 7.10. The quantitative estimate of drug-likeness (QED) is 0.642. The van der Waals surface area contributed by atoms with E-state index in [0.29, 0.717) is 6.54 Å². The van der Waals surface area contributed by atoms with Crippen molar-refractivity contribution in [3.8, 4) is 0 Å². The molecule has 1 atom stereocenters. The third-order valence-corrected chi connectivity index (χ3v) is 2.60. The Kier molecular flexibility index (Phi) is 1.82. The second kappa shape index (κ2) is 2.81. The summed E-state index contributed by atoms with van der Waals surface area (Å²) < 4.78 is 0. The number of hydrogen-bond donors (Lipinski definition) is 1. The molecule has 0 aromatic rings. The number of oxime groups is 1. The summed E-state index contributed by atoms with van der Waals surface area (Å²) in [6.07, 6.45) is 5.11. The predicted molar refractivity (Wildman–Crippen MR) is 43.3 cm³/mol. The van der Waals surface area contributed by atoms with Gasteiger partial charge in [-0.05, 0) is 12.8 Å². The van der Waals surface area contributed by atoms with Gasteiger partial charge in [-0.25, -0.2) is 0 Å². The molecule has 0 radical (unpaired) electrons.